The molecule has 318 valence electrons. The molecule has 5 aromatic carbocycles. The fraction of sp³-hybridized carbons (Fsp3) is 0.130. The predicted molar refractivity (Wildman–Crippen MR) is 215 cm³/mol. The Balaban J connectivity index is 0.00000109. The summed E-state index contributed by atoms with van der Waals surface area (Å²) in [6, 6.07) is 30.2. The zero-order valence-electron chi connectivity index (χ0n) is 31.5. The second-order valence-corrected chi connectivity index (χ2v) is 18.2. The van der Waals surface area contributed by atoms with Gasteiger partial charge in [-0.05, 0) is 65.5 Å². The van der Waals surface area contributed by atoms with Gasteiger partial charge in [0.15, 0.2) is 0 Å². The van der Waals surface area contributed by atoms with Crippen LogP contribution in [0.25, 0.3) is 0 Å². The van der Waals surface area contributed by atoms with Gasteiger partial charge in [0.2, 0.25) is 0 Å². The van der Waals surface area contributed by atoms with E-state index in [4.69, 9.17) is 0 Å². The summed E-state index contributed by atoms with van der Waals surface area (Å²) >= 11 is 0. The van der Waals surface area contributed by atoms with E-state index in [0.717, 1.165) is 16.3 Å². The second-order valence-electron chi connectivity index (χ2n) is 13.5. The van der Waals surface area contributed by atoms with Crippen LogP contribution in [0, 0.1) is 5.66 Å². The van der Waals surface area contributed by atoms with E-state index in [9.17, 15) is 52.7 Å². The topological polar surface area (TPSA) is 0 Å². The smallest absolute Gasteiger partial charge is 0.214 e. The van der Waals surface area contributed by atoms with Gasteiger partial charge in [-0.3, -0.25) is 0 Å². The van der Waals surface area contributed by atoms with E-state index < -0.39 is 79.1 Å². The van der Waals surface area contributed by atoms with Gasteiger partial charge in [0, 0.05) is 5.66 Å². The minimum atomic E-state index is -5.33. The molecule has 0 aromatic heterocycles. The van der Waals surface area contributed by atoms with Gasteiger partial charge in [0.25, 0.3) is 0 Å². The molecule has 0 spiro atoms. The molecule has 0 saturated heterocycles. The monoisotopic (exact) mass is 930 g/mol. The molecule has 0 nitrogen and oxygen atoms in total. The van der Waals surface area contributed by atoms with Crippen molar-refractivity contribution in [3.05, 3.63) is 215 Å². The Morgan fingerprint density at radius 3 is 1.31 bits per heavy atom. The Bertz CT molecular complexity index is 2210. The third-order valence-corrected chi connectivity index (χ3v) is 14.6. The van der Waals surface area contributed by atoms with Crippen LogP contribution in [0.2, 0.25) is 0 Å². The van der Waals surface area contributed by atoms with E-state index in [1.54, 1.807) is 24.3 Å². The van der Waals surface area contributed by atoms with Gasteiger partial charge in [-0.1, -0.05) is 111 Å². The van der Waals surface area contributed by atoms with Gasteiger partial charge in [-0.15, -0.1) is 29.9 Å². The largest absolute Gasteiger partial charge is 2.00 e. The molecule has 2 aliphatic rings. The Hall–Kier alpha value is -4.66. The maximum atomic E-state index is 14.1. The van der Waals surface area contributed by atoms with Gasteiger partial charge in [0.05, 0.1) is 22.3 Å². The third-order valence-electron chi connectivity index (χ3n) is 9.41. The van der Waals surface area contributed by atoms with Crippen molar-refractivity contribution in [2.24, 2.45) is 0 Å². The van der Waals surface area contributed by atoms with Crippen LogP contribution in [0.1, 0.15) is 29.2 Å². The maximum Gasteiger partial charge on any atom is 2.00 e. The van der Waals surface area contributed by atoms with E-state index >= 15 is 0 Å². The first-order chi connectivity index (χ1) is 28.2. The first kappa shape index (κ1) is 47.4. The molecule has 5 aromatic rings. The molecule has 0 radical (unpaired) electrons. The molecule has 0 heterocycles. The van der Waals surface area contributed by atoms with Crippen LogP contribution in [0.5, 0.6) is 0 Å². The average molecular weight is 931 g/mol. The summed E-state index contributed by atoms with van der Waals surface area (Å²) in [7, 11) is -4.10. The van der Waals surface area contributed by atoms with E-state index in [1.165, 1.54) is 13.0 Å². The van der Waals surface area contributed by atoms with Crippen molar-refractivity contribution in [2.45, 2.75) is 37.3 Å². The summed E-state index contributed by atoms with van der Waals surface area (Å²) in [4.78, 5) is 0. The molecule has 0 amide bonds. The van der Waals surface area contributed by atoms with Crippen molar-refractivity contribution >= 4 is 37.1 Å². The van der Waals surface area contributed by atoms with Crippen LogP contribution in [0.3, 0.4) is 0 Å². The number of alkyl halides is 12. The van der Waals surface area contributed by atoms with E-state index in [2.05, 4.69) is 0 Å². The van der Waals surface area contributed by atoms with Crippen molar-refractivity contribution in [1.29, 1.82) is 0 Å². The molecular formula is C46H32F12FeP2. The van der Waals surface area contributed by atoms with Crippen LogP contribution < -0.4 is 21.2 Å². The molecule has 0 aliphatic heterocycles. The molecule has 15 heteroatoms. The molecule has 0 unspecified atom stereocenters. The molecule has 1 atom stereocenters. The molecular weight excluding hydrogens is 898 g/mol. The Kier molecular flexibility index (Phi) is 14.9. The molecule has 2 aliphatic carbocycles. The SMILES string of the molecule is C[C@H](C1=CC=C/C1=C1/C=CC=C[C-]1P(c1ccccc1)c1ccccc1)P(c1cc(C(F)(F)F)cc(C(F)(F)F)c1)c1cc(C(F)(F)F)cc(C(F)(F)F)c1.[Fe+2].c1cc[cH-]c1. The molecule has 0 fully saturated rings. The van der Waals surface area contributed by atoms with E-state index in [0.29, 0.717) is 41.0 Å². The number of benzene rings is 4. The predicted octanol–water partition coefficient (Wildman–Crippen LogP) is 13.6. The Labute approximate surface area is 357 Å². The molecule has 7 rings (SSSR count). The summed E-state index contributed by atoms with van der Waals surface area (Å²) in [5, 5.41) is 0.500. The summed E-state index contributed by atoms with van der Waals surface area (Å²) in [5.41, 5.74) is -5.96. The number of halogens is 12. The zero-order chi connectivity index (χ0) is 43.5. The quantitative estimate of drug-likeness (QED) is 0.0660. The molecule has 0 bridgehead atoms. The van der Waals surface area contributed by atoms with Crippen molar-refractivity contribution < 1.29 is 69.8 Å². The minimum Gasteiger partial charge on any atom is -0.214 e. The first-order valence-electron chi connectivity index (χ1n) is 18.0. The van der Waals surface area contributed by atoms with Gasteiger partial charge in [-0.25, -0.2) is 12.1 Å². The standard InChI is InChI=1S/C41H27F12P2.C5H5.Fe/c1-25(34-16-10-17-35(34)36-15-8-9-18-37(36)55(30-11-4-2-5-12-30)31-13-6-3-7-14-31)54(32-21-26(38(42,43)44)19-27(22-32)39(45,46)47)33-23-28(40(48,49)50)20-29(24-33)41(51,52)53;1-2-4-5-3-1;/h2-25H,1H3;1-5H;/q2*-1;+2/b36-35+;;/t25-;;/m1../s1. The minimum absolute atomic E-state index is 0. The normalized spacial score (nSPS) is 16.0. The van der Waals surface area contributed by atoms with Gasteiger partial charge >= 0.3 is 41.8 Å². The summed E-state index contributed by atoms with van der Waals surface area (Å²) in [5.74, 6) is 0. The fourth-order valence-electron chi connectivity index (χ4n) is 6.73. The summed E-state index contributed by atoms with van der Waals surface area (Å²) < 4.78 is 170. The third kappa shape index (κ3) is 11.4. The number of allylic oxidation sites excluding steroid dienone is 10. The van der Waals surface area contributed by atoms with Crippen LogP contribution in [0.4, 0.5) is 52.7 Å². The average Bonchev–Trinajstić information content (AvgIpc) is 3.95. The van der Waals surface area contributed by atoms with Crippen molar-refractivity contribution in [3.8, 4) is 0 Å². The molecule has 61 heavy (non-hydrogen) atoms. The van der Waals surface area contributed by atoms with Crippen molar-refractivity contribution in [2.75, 3.05) is 0 Å². The Morgan fingerprint density at radius 2 is 0.934 bits per heavy atom. The van der Waals surface area contributed by atoms with E-state index in [1.807, 2.05) is 103 Å². The van der Waals surface area contributed by atoms with Gasteiger partial charge in [-0.2, -0.15) is 70.9 Å². The van der Waals surface area contributed by atoms with Crippen molar-refractivity contribution in [3.63, 3.8) is 0 Å². The maximum absolute atomic E-state index is 14.1. The van der Waals surface area contributed by atoms with Gasteiger partial charge in [0.1, 0.15) is 0 Å². The van der Waals surface area contributed by atoms with Crippen LogP contribution in [-0.2, 0) is 41.8 Å². The van der Waals surface area contributed by atoms with Gasteiger partial charge < -0.3 is 0 Å². The van der Waals surface area contributed by atoms with Crippen molar-refractivity contribution in [1.82, 2.24) is 0 Å². The number of hydrogen-bond donors (Lipinski definition) is 0. The van der Waals surface area contributed by atoms with Crippen LogP contribution >= 0.6 is 15.8 Å². The molecule has 0 saturated carbocycles. The summed E-state index contributed by atoms with van der Waals surface area (Å²) in [6.45, 7) is 1.39. The first-order valence-corrected chi connectivity index (χ1v) is 20.8. The zero-order valence-corrected chi connectivity index (χ0v) is 34.4. The van der Waals surface area contributed by atoms with E-state index in [-0.39, 0.29) is 29.2 Å². The summed E-state index contributed by atoms with van der Waals surface area (Å²) in [6.07, 6.45) is -9.33. The molecule has 0 N–H and O–H groups in total. The number of rotatable bonds is 7. The fourth-order valence-corrected chi connectivity index (χ4v) is 12.0. The number of hydrogen-bond acceptors (Lipinski definition) is 0. The second kappa shape index (κ2) is 19.2. The van der Waals surface area contributed by atoms with Crippen LogP contribution in [0.15, 0.2) is 187 Å². The Morgan fingerprint density at radius 1 is 0.508 bits per heavy atom. The van der Waals surface area contributed by atoms with Crippen LogP contribution in [-0.4, -0.2) is 5.66 Å².